The van der Waals surface area contributed by atoms with E-state index in [0.717, 1.165) is 0 Å². The van der Waals surface area contributed by atoms with Gasteiger partial charge in [0.1, 0.15) is 12.0 Å². The molecule has 10 heteroatoms. The summed E-state index contributed by atoms with van der Waals surface area (Å²) in [4.78, 5) is 23.7. The number of amides is 2. The van der Waals surface area contributed by atoms with Gasteiger partial charge in [0.15, 0.2) is 0 Å². The third-order valence-corrected chi connectivity index (χ3v) is 6.19. The van der Waals surface area contributed by atoms with Gasteiger partial charge in [-0.2, -0.15) is 4.31 Å². The van der Waals surface area contributed by atoms with Gasteiger partial charge in [0.25, 0.3) is 0 Å². The summed E-state index contributed by atoms with van der Waals surface area (Å²) >= 11 is 0. The van der Waals surface area contributed by atoms with E-state index in [1.807, 2.05) is 6.92 Å². The van der Waals surface area contributed by atoms with E-state index in [9.17, 15) is 18.0 Å². The predicted octanol–water partition coefficient (Wildman–Crippen LogP) is 0.383. The van der Waals surface area contributed by atoms with Gasteiger partial charge in [-0.1, -0.05) is 6.92 Å². The zero-order chi connectivity index (χ0) is 20.7. The molecule has 0 aromatic heterocycles. The number of carbonyl (C=O) groups is 2. The molecule has 2 N–H and O–H groups in total. The molecule has 1 fully saturated rings. The van der Waals surface area contributed by atoms with Crippen molar-refractivity contribution >= 4 is 21.8 Å². The Labute approximate surface area is 165 Å². The fourth-order valence-corrected chi connectivity index (χ4v) is 4.48. The molecule has 0 aliphatic carbocycles. The summed E-state index contributed by atoms with van der Waals surface area (Å²) in [6.07, 6.45) is 0.359. The number of nitrogens with one attached hydrogen (secondary N) is 2. The number of hydrogen-bond acceptors (Lipinski definition) is 6. The van der Waals surface area contributed by atoms with Crippen LogP contribution in [-0.4, -0.2) is 64.1 Å². The van der Waals surface area contributed by atoms with Crippen molar-refractivity contribution in [2.24, 2.45) is 0 Å². The van der Waals surface area contributed by atoms with Gasteiger partial charge in [0, 0.05) is 13.1 Å². The maximum Gasteiger partial charge on any atom is 0.309 e. The van der Waals surface area contributed by atoms with E-state index in [4.69, 9.17) is 9.47 Å². The lowest BCUT2D eigenvalue weighted by Crippen LogP contribution is -2.53. The predicted molar refractivity (Wildman–Crippen MR) is 102 cm³/mol. The van der Waals surface area contributed by atoms with Gasteiger partial charge in [-0.15, -0.1) is 0 Å². The van der Waals surface area contributed by atoms with E-state index >= 15 is 0 Å². The summed E-state index contributed by atoms with van der Waals surface area (Å²) in [5.41, 5.74) is 0.693. The minimum absolute atomic E-state index is 0.118. The topological polar surface area (TPSA) is 114 Å². The van der Waals surface area contributed by atoms with Crippen molar-refractivity contribution in [3.63, 3.8) is 0 Å². The summed E-state index contributed by atoms with van der Waals surface area (Å²) in [6, 6.07) is 4.61. The summed E-state index contributed by atoms with van der Waals surface area (Å²) in [5.74, 6) is -0.978. The van der Waals surface area contributed by atoms with Crippen LogP contribution in [0.3, 0.4) is 0 Å². The molecule has 1 aromatic carbocycles. The first kappa shape index (κ1) is 22.1. The van der Waals surface area contributed by atoms with Crippen LogP contribution in [-0.2, 0) is 24.3 Å². The molecule has 9 nitrogen and oxygen atoms in total. The molecule has 0 radical (unpaired) electrons. The van der Waals surface area contributed by atoms with Crippen LogP contribution < -0.4 is 15.4 Å². The van der Waals surface area contributed by atoms with Crippen molar-refractivity contribution in [2.45, 2.75) is 37.8 Å². The van der Waals surface area contributed by atoms with Gasteiger partial charge < -0.3 is 20.1 Å². The normalized spacial score (nSPS) is 17.8. The molecule has 156 valence electrons. The van der Waals surface area contributed by atoms with Crippen molar-refractivity contribution in [1.82, 2.24) is 14.9 Å². The molecule has 1 unspecified atom stereocenters. The van der Waals surface area contributed by atoms with Gasteiger partial charge in [-0.3, -0.25) is 9.59 Å². The van der Waals surface area contributed by atoms with E-state index in [-0.39, 0.29) is 18.0 Å². The monoisotopic (exact) mass is 413 g/mol. The second-order valence-corrected chi connectivity index (χ2v) is 8.28. The first-order valence-corrected chi connectivity index (χ1v) is 10.6. The molecule has 1 aliphatic rings. The number of benzene rings is 1. The highest BCUT2D eigenvalue weighted by atomic mass is 32.2. The Morgan fingerprint density at radius 3 is 2.64 bits per heavy atom. The van der Waals surface area contributed by atoms with Crippen molar-refractivity contribution in [3.05, 3.63) is 23.8 Å². The summed E-state index contributed by atoms with van der Waals surface area (Å²) in [6.45, 7) is 4.54. The summed E-state index contributed by atoms with van der Waals surface area (Å²) < 4.78 is 38.1. The number of sulfonamides is 1. The van der Waals surface area contributed by atoms with Gasteiger partial charge in [0.05, 0.1) is 25.2 Å². The zero-order valence-corrected chi connectivity index (χ0v) is 17.2. The van der Waals surface area contributed by atoms with Crippen LogP contribution in [0.15, 0.2) is 23.1 Å². The second kappa shape index (κ2) is 9.85. The zero-order valence-electron chi connectivity index (χ0n) is 16.4. The smallest absolute Gasteiger partial charge is 0.309 e. The molecule has 2 rings (SSSR count). The fourth-order valence-electron chi connectivity index (χ4n) is 2.83. The van der Waals surface area contributed by atoms with Crippen LogP contribution in [0, 0.1) is 6.92 Å². The number of aryl methyl sites for hydroxylation is 1. The molecule has 1 aliphatic heterocycles. The maximum atomic E-state index is 13.1. The van der Waals surface area contributed by atoms with E-state index < -0.39 is 28.1 Å². The lowest BCUT2D eigenvalue weighted by molar-refractivity contribution is -0.140. The molecule has 2 amide bonds. The number of nitrogens with zero attached hydrogens (tertiary/aromatic N) is 1. The van der Waals surface area contributed by atoms with E-state index in [2.05, 4.69) is 10.6 Å². The lowest BCUT2D eigenvalue weighted by Gasteiger charge is -2.34. The average Bonchev–Trinajstić information content (AvgIpc) is 2.70. The Morgan fingerprint density at radius 2 is 2.00 bits per heavy atom. The van der Waals surface area contributed by atoms with Crippen LogP contribution in [0.25, 0.3) is 0 Å². The SMILES string of the molecule is CCCNC(=O)C(=O)NCC1OCCCN1S(=O)(=O)c1ccc(OC)c(C)c1. The van der Waals surface area contributed by atoms with Gasteiger partial charge in [-0.05, 0) is 43.5 Å². The van der Waals surface area contributed by atoms with Gasteiger partial charge in [-0.25, -0.2) is 8.42 Å². The lowest BCUT2D eigenvalue weighted by atomic mass is 10.2. The van der Waals surface area contributed by atoms with Crippen LogP contribution in [0.5, 0.6) is 5.75 Å². The summed E-state index contributed by atoms with van der Waals surface area (Å²) in [7, 11) is -2.32. The number of ether oxygens (including phenoxy) is 2. The Kier molecular flexibility index (Phi) is 7.78. The maximum absolute atomic E-state index is 13.1. The first-order valence-electron chi connectivity index (χ1n) is 9.15. The first-order chi connectivity index (χ1) is 13.3. The fraction of sp³-hybridized carbons (Fsp3) is 0.556. The van der Waals surface area contributed by atoms with Crippen molar-refractivity contribution in [2.75, 3.05) is 33.4 Å². The molecule has 1 saturated heterocycles. The van der Waals surface area contributed by atoms with Crippen molar-refractivity contribution in [3.8, 4) is 5.75 Å². The highest BCUT2D eigenvalue weighted by molar-refractivity contribution is 7.89. The second-order valence-electron chi connectivity index (χ2n) is 6.39. The van der Waals surface area contributed by atoms with Crippen molar-refractivity contribution < 1.29 is 27.5 Å². The Morgan fingerprint density at radius 1 is 1.29 bits per heavy atom. The molecule has 0 spiro atoms. The van der Waals surface area contributed by atoms with E-state index in [1.165, 1.54) is 23.5 Å². The van der Waals surface area contributed by atoms with Gasteiger partial charge >= 0.3 is 11.8 Å². The van der Waals surface area contributed by atoms with Gasteiger partial charge in [0.2, 0.25) is 10.0 Å². The number of hydrogen-bond donors (Lipinski definition) is 2. The minimum Gasteiger partial charge on any atom is -0.496 e. The molecule has 1 heterocycles. The molecular formula is C18H27N3O6S. The number of methoxy groups -OCH3 is 1. The molecular weight excluding hydrogens is 386 g/mol. The standard InChI is InChI=1S/C18H27N3O6S/c1-4-8-19-17(22)18(23)20-12-16-21(9-5-10-27-16)28(24,25)14-6-7-15(26-3)13(2)11-14/h6-7,11,16H,4-5,8-10,12H2,1-3H3,(H,19,22)(H,20,23). The highest BCUT2D eigenvalue weighted by Gasteiger charge is 2.35. The van der Waals surface area contributed by atoms with Crippen LogP contribution in [0.4, 0.5) is 0 Å². The molecule has 1 aromatic rings. The van der Waals surface area contributed by atoms with Crippen LogP contribution in [0.2, 0.25) is 0 Å². The number of rotatable bonds is 7. The molecule has 0 saturated carbocycles. The Balaban J connectivity index is 2.12. The molecule has 28 heavy (non-hydrogen) atoms. The third kappa shape index (κ3) is 5.21. The minimum atomic E-state index is -3.84. The number of carbonyl (C=O) groups excluding carboxylic acids is 2. The largest absolute Gasteiger partial charge is 0.496 e. The Bertz CT molecular complexity index is 812. The van der Waals surface area contributed by atoms with E-state index in [0.29, 0.717) is 37.3 Å². The van der Waals surface area contributed by atoms with Crippen LogP contribution in [0.1, 0.15) is 25.3 Å². The van der Waals surface area contributed by atoms with Crippen molar-refractivity contribution in [1.29, 1.82) is 0 Å². The quantitative estimate of drug-likeness (QED) is 0.625. The average molecular weight is 413 g/mol. The summed E-state index contributed by atoms with van der Waals surface area (Å²) in [5, 5.41) is 4.91. The van der Waals surface area contributed by atoms with Crippen LogP contribution >= 0.6 is 0 Å². The van der Waals surface area contributed by atoms with E-state index in [1.54, 1.807) is 13.0 Å². The Hall–Kier alpha value is -2.17. The highest BCUT2D eigenvalue weighted by Crippen LogP contribution is 2.26. The molecule has 0 bridgehead atoms. The molecule has 1 atom stereocenters. The third-order valence-electron chi connectivity index (χ3n) is 4.31.